The van der Waals surface area contributed by atoms with E-state index < -0.39 is 0 Å². The predicted molar refractivity (Wildman–Crippen MR) is 76.6 cm³/mol. The van der Waals surface area contributed by atoms with E-state index in [9.17, 15) is 4.79 Å². The molecule has 0 unspecified atom stereocenters. The van der Waals surface area contributed by atoms with Crippen LogP contribution >= 0.6 is 12.2 Å². The highest BCUT2D eigenvalue weighted by Gasteiger charge is 2.04. The Morgan fingerprint density at radius 2 is 2.11 bits per heavy atom. The van der Waals surface area contributed by atoms with Gasteiger partial charge >= 0.3 is 0 Å². The van der Waals surface area contributed by atoms with Crippen LogP contribution in [0.4, 0.5) is 0 Å². The van der Waals surface area contributed by atoms with Gasteiger partial charge < -0.3 is 10.3 Å². The molecule has 0 aliphatic carbocycles. The second-order valence-corrected chi connectivity index (χ2v) is 4.63. The Morgan fingerprint density at radius 1 is 1.33 bits per heavy atom. The first kappa shape index (κ1) is 13.0. The molecule has 1 heterocycles. The molecule has 0 radical (unpaired) electrons. The summed E-state index contributed by atoms with van der Waals surface area (Å²) >= 11 is 5.24. The van der Waals surface area contributed by atoms with Crippen LogP contribution in [-0.2, 0) is 6.54 Å². The Morgan fingerprint density at radius 3 is 2.89 bits per heavy atom. The number of nitrogens with one attached hydrogen (secondary N) is 2. The second-order valence-electron chi connectivity index (χ2n) is 4.24. The number of H-pyrrole nitrogens is 1. The lowest BCUT2D eigenvalue weighted by Gasteiger charge is -2.07. The molecule has 5 heteroatoms. The van der Waals surface area contributed by atoms with Crippen LogP contribution in [-0.4, -0.2) is 23.1 Å². The van der Waals surface area contributed by atoms with Gasteiger partial charge in [0.15, 0.2) is 4.77 Å². The summed E-state index contributed by atoms with van der Waals surface area (Å²) in [6, 6.07) is 7.46. The molecule has 0 saturated carbocycles. The van der Waals surface area contributed by atoms with Gasteiger partial charge in [-0.3, -0.25) is 9.36 Å². The van der Waals surface area contributed by atoms with Crippen molar-refractivity contribution in [3.05, 3.63) is 39.4 Å². The molecule has 4 nitrogen and oxygen atoms in total. The highest BCUT2D eigenvalue weighted by atomic mass is 32.1. The Kier molecular flexibility index (Phi) is 4.28. The number of aromatic nitrogens is 2. The minimum atomic E-state index is -0.00110. The number of para-hydroxylation sites is 1. The maximum Gasteiger partial charge on any atom is 0.262 e. The van der Waals surface area contributed by atoms with Gasteiger partial charge in [0.25, 0.3) is 5.56 Å². The quantitative estimate of drug-likeness (QED) is 0.641. The van der Waals surface area contributed by atoms with E-state index in [-0.39, 0.29) is 5.56 Å². The molecule has 2 N–H and O–H groups in total. The van der Waals surface area contributed by atoms with Crippen molar-refractivity contribution in [3.8, 4) is 0 Å². The van der Waals surface area contributed by atoms with E-state index in [1.807, 2.05) is 31.3 Å². The highest BCUT2D eigenvalue weighted by molar-refractivity contribution is 7.71. The van der Waals surface area contributed by atoms with Gasteiger partial charge in [-0.15, -0.1) is 0 Å². The second kappa shape index (κ2) is 5.93. The van der Waals surface area contributed by atoms with Crippen molar-refractivity contribution in [1.82, 2.24) is 14.9 Å². The standard InChI is InChI=1S/C13H17N3OS/c1-14-8-4-5-9-16-12(17)10-6-2-3-7-11(10)15-13(16)18/h2-3,6-7,14H,4-5,8-9H2,1H3,(H,15,18). The van der Waals surface area contributed by atoms with Gasteiger partial charge in [-0.05, 0) is 50.8 Å². The summed E-state index contributed by atoms with van der Waals surface area (Å²) in [4.78, 5) is 15.4. The summed E-state index contributed by atoms with van der Waals surface area (Å²) < 4.78 is 2.15. The molecule has 0 bridgehead atoms. The summed E-state index contributed by atoms with van der Waals surface area (Å²) in [5.74, 6) is 0. The summed E-state index contributed by atoms with van der Waals surface area (Å²) in [5.41, 5.74) is 0.804. The van der Waals surface area contributed by atoms with Gasteiger partial charge in [-0.25, -0.2) is 0 Å². The van der Waals surface area contributed by atoms with E-state index in [1.165, 1.54) is 0 Å². The van der Waals surface area contributed by atoms with Gasteiger partial charge in [-0.1, -0.05) is 12.1 Å². The zero-order valence-corrected chi connectivity index (χ0v) is 11.2. The maximum atomic E-state index is 12.3. The molecule has 0 spiro atoms. The fourth-order valence-electron chi connectivity index (χ4n) is 1.97. The van der Waals surface area contributed by atoms with Crippen molar-refractivity contribution in [2.45, 2.75) is 19.4 Å². The number of fused-ring (bicyclic) bond motifs is 1. The smallest absolute Gasteiger partial charge is 0.262 e. The van der Waals surface area contributed by atoms with E-state index in [4.69, 9.17) is 12.2 Å². The van der Waals surface area contributed by atoms with E-state index >= 15 is 0 Å². The van der Waals surface area contributed by atoms with Crippen LogP contribution in [0.5, 0.6) is 0 Å². The Labute approximate surface area is 111 Å². The van der Waals surface area contributed by atoms with E-state index in [2.05, 4.69) is 10.3 Å². The molecule has 1 aromatic carbocycles. The first-order valence-corrected chi connectivity index (χ1v) is 6.51. The molecule has 0 saturated heterocycles. The Bertz CT molecular complexity index is 644. The minimum absolute atomic E-state index is 0.00110. The zero-order valence-electron chi connectivity index (χ0n) is 10.4. The van der Waals surface area contributed by atoms with Crippen LogP contribution in [0.1, 0.15) is 12.8 Å². The van der Waals surface area contributed by atoms with Gasteiger partial charge in [0.2, 0.25) is 0 Å². The van der Waals surface area contributed by atoms with Gasteiger partial charge in [0, 0.05) is 6.54 Å². The van der Waals surface area contributed by atoms with Crippen LogP contribution in [0.2, 0.25) is 0 Å². The van der Waals surface area contributed by atoms with Crippen molar-refractivity contribution in [3.63, 3.8) is 0 Å². The predicted octanol–water partition coefficient (Wildman–Crippen LogP) is 2.06. The number of nitrogens with zero attached hydrogens (tertiary/aromatic N) is 1. The first-order valence-electron chi connectivity index (χ1n) is 6.10. The summed E-state index contributed by atoms with van der Waals surface area (Å²) in [6.07, 6.45) is 1.97. The van der Waals surface area contributed by atoms with Crippen LogP contribution in [0.25, 0.3) is 10.9 Å². The van der Waals surface area contributed by atoms with Crippen LogP contribution in [0, 0.1) is 4.77 Å². The van der Waals surface area contributed by atoms with E-state index in [0.717, 1.165) is 24.9 Å². The lowest BCUT2D eigenvalue weighted by molar-refractivity contribution is 0.570. The van der Waals surface area contributed by atoms with Crippen LogP contribution < -0.4 is 10.9 Å². The number of unbranched alkanes of at least 4 members (excludes halogenated alkanes) is 1. The molecule has 2 aromatic rings. The third-order valence-electron chi connectivity index (χ3n) is 2.95. The number of aromatic amines is 1. The maximum absolute atomic E-state index is 12.3. The van der Waals surface area contributed by atoms with Crippen molar-refractivity contribution in [2.24, 2.45) is 0 Å². The molecule has 0 aliphatic rings. The zero-order chi connectivity index (χ0) is 13.0. The molecule has 0 amide bonds. The number of rotatable bonds is 5. The number of benzene rings is 1. The lowest BCUT2D eigenvalue weighted by atomic mass is 10.2. The molecule has 0 aliphatic heterocycles. The molecule has 1 aromatic heterocycles. The fraction of sp³-hybridized carbons (Fsp3) is 0.385. The Balaban J connectivity index is 2.33. The largest absolute Gasteiger partial charge is 0.332 e. The number of hydrogen-bond donors (Lipinski definition) is 2. The normalized spacial score (nSPS) is 10.9. The van der Waals surface area contributed by atoms with Crippen molar-refractivity contribution >= 4 is 23.1 Å². The molecular weight excluding hydrogens is 246 g/mol. The van der Waals surface area contributed by atoms with Crippen molar-refractivity contribution in [2.75, 3.05) is 13.6 Å². The van der Waals surface area contributed by atoms with Crippen LogP contribution in [0.3, 0.4) is 0 Å². The highest BCUT2D eigenvalue weighted by Crippen LogP contribution is 2.06. The molecule has 96 valence electrons. The van der Waals surface area contributed by atoms with E-state index in [1.54, 1.807) is 4.57 Å². The van der Waals surface area contributed by atoms with Gasteiger partial charge in [-0.2, -0.15) is 0 Å². The summed E-state index contributed by atoms with van der Waals surface area (Å²) in [5, 5.41) is 3.79. The monoisotopic (exact) mass is 263 g/mol. The third-order valence-corrected chi connectivity index (χ3v) is 3.27. The van der Waals surface area contributed by atoms with Crippen molar-refractivity contribution in [1.29, 1.82) is 0 Å². The van der Waals surface area contributed by atoms with Crippen molar-refractivity contribution < 1.29 is 0 Å². The fourth-order valence-corrected chi connectivity index (χ4v) is 2.26. The molecule has 0 fully saturated rings. The lowest BCUT2D eigenvalue weighted by Crippen LogP contribution is -2.22. The summed E-state index contributed by atoms with van der Waals surface area (Å²) in [6.45, 7) is 1.62. The average molecular weight is 263 g/mol. The number of hydrogen-bond acceptors (Lipinski definition) is 3. The minimum Gasteiger partial charge on any atom is -0.332 e. The topological polar surface area (TPSA) is 49.8 Å². The summed E-state index contributed by atoms with van der Waals surface area (Å²) in [7, 11) is 1.93. The molecule has 0 atom stereocenters. The Hall–Kier alpha value is -1.46. The van der Waals surface area contributed by atoms with Gasteiger partial charge in [0.05, 0.1) is 10.9 Å². The average Bonchev–Trinajstić information content (AvgIpc) is 2.38. The van der Waals surface area contributed by atoms with E-state index in [0.29, 0.717) is 16.7 Å². The molecular formula is C13H17N3OS. The first-order chi connectivity index (χ1) is 8.74. The van der Waals surface area contributed by atoms with Gasteiger partial charge in [0.1, 0.15) is 0 Å². The van der Waals surface area contributed by atoms with Crippen LogP contribution in [0.15, 0.2) is 29.1 Å². The molecule has 18 heavy (non-hydrogen) atoms. The third kappa shape index (κ3) is 2.68. The SMILES string of the molecule is CNCCCCn1c(=S)[nH]c2ccccc2c1=O. The molecule has 2 rings (SSSR count).